The van der Waals surface area contributed by atoms with Gasteiger partial charge in [0.05, 0.1) is 12.1 Å². The molecule has 0 aromatic heterocycles. The van der Waals surface area contributed by atoms with Crippen molar-refractivity contribution in [2.45, 2.75) is 20.3 Å². The summed E-state index contributed by atoms with van der Waals surface area (Å²) < 4.78 is 5.49. The van der Waals surface area contributed by atoms with Gasteiger partial charge in [-0.1, -0.05) is 0 Å². The predicted molar refractivity (Wildman–Crippen MR) is 80.1 cm³/mol. The van der Waals surface area contributed by atoms with Crippen LogP contribution in [0.1, 0.15) is 20.3 Å². The minimum Gasteiger partial charge on any atom is -0.481 e. The molecule has 6 heteroatoms. The van der Waals surface area contributed by atoms with E-state index >= 15 is 0 Å². The Kier molecular flexibility index (Phi) is 4.67. The summed E-state index contributed by atoms with van der Waals surface area (Å²) in [5.74, 6) is -0.191. The highest BCUT2D eigenvalue weighted by atomic mass is 16.5. The average Bonchev–Trinajstić information content (AvgIpc) is 2.47. The number of anilines is 2. The van der Waals surface area contributed by atoms with E-state index in [1.54, 1.807) is 4.90 Å². The van der Waals surface area contributed by atoms with Crippen molar-refractivity contribution in [1.29, 1.82) is 0 Å². The van der Waals surface area contributed by atoms with Crippen molar-refractivity contribution in [1.82, 2.24) is 0 Å². The lowest BCUT2D eigenvalue weighted by atomic mass is 10.2. The van der Waals surface area contributed by atoms with Crippen LogP contribution in [0.3, 0.4) is 0 Å². The van der Waals surface area contributed by atoms with Crippen molar-refractivity contribution < 1.29 is 19.4 Å². The van der Waals surface area contributed by atoms with Gasteiger partial charge in [0.2, 0.25) is 0 Å². The molecule has 0 aliphatic carbocycles. The highest BCUT2D eigenvalue weighted by molar-refractivity contribution is 5.98. The second-order valence-corrected chi connectivity index (χ2v) is 4.80. The zero-order valence-corrected chi connectivity index (χ0v) is 12.3. The zero-order chi connectivity index (χ0) is 15.4. The van der Waals surface area contributed by atoms with E-state index in [0.29, 0.717) is 25.4 Å². The van der Waals surface area contributed by atoms with E-state index in [0.717, 1.165) is 11.4 Å². The van der Waals surface area contributed by atoms with Crippen molar-refractivity contribution in [3.63, 3.8) is 0 Å². The fourth-order valence-corrected chi connectivity index (χ4v) is 2.44. The van der Waals surface area contributed by atoms with Crippen LogP contribution < -0.4 is 14.5 Å². The number of carbonyl (C=O) groups is 2. The smallest absolute Gasteiger partial charge is 0.305 e. The van der Waals surface area contributed by atoms with Gasteiger partial charge in [-0.25, -0.2) is 0 Å². The lowest BCUT2D eigenvalue weighted by Gasteiger charge is -2.30. The van der Waals surface area contributed by atoms with Crippen LogP contribution >= 0.6 is 0 Å². The maximum absolute atomic E-state index is 11.8. The number of carboxylic acid groups (broad SMARTS) is 1. The van der Waals surface area contributed by atoms with Crippen molar-refractivity contribution in [2.24, 2.45) is 0 Å². The average molecular weight is 292 g/mol. The molecule has 1 amide bonds. The summed E-state index contributed by atoms with van der Waals surface area (Å²) in [5, 5.41) is 8.80. The molecule has 2 rings (SSSR count). The summed E-state index contributed by atoms with van der Waals surface area (Å²) in [6.07, 6.45) is 0.0886. The number of nitrogens with zero attached hydrogens (tertiary/aromatic N) is 2. The van der Waals surface area contributed by atoms with Gasteiger partial charge >= 0.3 is 5.97 Å². The van der Waals surface area contributed by atoms with Gasteiger partial charge in [-0.05, 0) is 26.0 Å². The number of carboxylic acids is 1. The van der Waals surface area contributed by atoms with Crippen molar-refractivity contribution >= 4 is 23.3 Å². The van der Waals surface area contributed by atoms with E-state index in [1.165, 1.54) is 0 Å². The van der Waals surface area contributed by atoms with Gasteiger partial charge in [0.15, 0.2) is 6.61 Å². The molecule has 1 aromatic carbocycles. The molecule has 0 saturated carbocycles. The van der Waals surface area contributed by atoms with E-state index in [1.807, 2.05) is 36.9 Å². The topological polar surface area (TPSA) is 70.1 Å². The maximum atomic E-state index is 11.8. The highest BCUT2D eigenvalue weighted by Gasteiger charge is 2.24. The van der Waals surface area contributed by atoms with E-state index in [-0.39, 0.29) is 18.9 Å². The fraction of sp³-hybridized carbons (Fsp3) is 0.467. The van der Waals surface area contributed by atoms with Crippen molar-refractivity contribution in [3.8, 4) is 5.75 Å². The normalized spacial score (nSPS) is 13.6. The van der Waals surface area contributed by atoms with Crippen LogP contribution in [-0.2, 0) is 9.59 Å². The van der Waals surface area contributed by atoms with Crippen LogP contribution in [0.2, 0.25) is 0 Å². The molecule has 1 aliphatic heterocycles. The second-order valence-electron chi connectivity index (χ2n) is 4.80. The third-order valence-corrected chi connectivity index (χ3v) is 3.55. The number of carbonyl (C=O) groups excluding carboxylic acids is 1. The molecule has 0 atom stereocenters. The molecule has 1 N–H and O–H groups in total. The molecular formula is C15H20N2O4. The van der Waals surface area contributed by atoms with Gasteiger partial charge in [-0.15, -0.1) is 0 Å². The summed E-state index contributed by atoms with van der Waals surface area (Å²) in [7, 11) is 0. The summed E-state index contributed by atoms with van der Waals surface area (Å²) in [4.78, 5) is 26.1. The molecule has 1 aliphatic rings. The Morgan fingerprint density at radius 2 is 2.19 bits per heavy atom. The van der Waals surface area contributed by atoms with Gasteiger partial charge in [-0.2, -0.15) is 0 Å². The number of benzene rings is 1. The molecule has 1 aromatic rings. The number of fused-ring (bicyclic) bond motifs is 1. The van der Waals surface area contributed by atoms with Gasteiger partial charge in [0.25, 0.3) is 5.91 Å². The largest absolute Gasteiger partial charge is 0.481 e. The molecular weight excluding hydrogens is 272 g/mol. The number of aliphatic carboxylic acids is 1. The number of likely N-dealkylation sites (N-methyl/N-ethyl adjacent to an activating group) is 1. The lowest BCUT2D eigenvalue weighted by molar-refractivity contribution is -0.136. The predicted octanol–water partition coefficient (Wildman–Crippen LogP) is 1.73. The first kappa shape index (κ1) is 15.2. The van der Waals surface area contributed by atoms with Crippen LogP contribution in [0, 0.1) is 0 Å². The minimum absolute atomic E-state index is 0.0454. The Morgan fingerprint density at radius 1 is 1.43 bits per heavy atom. The molecule has 114 valence electrons. The standard InChI is InChI=1S/C15H20N2O4/c1-3-16(8-7-15(19)20)11-5-6-12-13(9-11)21-10-14(18)17(12)4-2/h5-6,9H,3-4,7-8,10H2,1-2H3,(H,19,20). The van der Waals surface area contributed by atoms with Gasteiger partial charge < -0.3 is 19.6 Å². The lowest BCUT2D eigenvalue weighted by Crippen LogP contribution is -2.38. The third kappa shape index (κ3) is 3.26. The van der Waals surface area contributed by atoms with Crippen LogP contribution in [-0.4, -0.2) is 43.2 Å². The summed E-state index contributed by atoms with van der Waals surface area (Å²) in [6, 6.07) is 5.62. The van der Waals surface area contributed by atoms with Gasteiger partial charge in [0, 0.05) is 31.4 Å². The second kappa shape index (κ2) is 6.47. The summed E-state index contributed by atoms with van der Waals surface area (Å²) in [6.45, 7) is 5.70. The quantitative estimate of drug-likeness (QED) is 0.864. The number of hydrogen-bond donors (Lipinski definition) is 1. The van der Waals surface area contributed by atoms with Gasteiger partial charge in [0.1, 0.15) is 5.75 Å². The molecule has 0 radical (unpaired) electrons. The molecule has 0 spiro atoms. The van der Waals surface area contributed by atoms with Crippen molar-refractivity contribution in [3.05, 3.63) is 18.2 Å². The Labute approximate surface area is 123 Å². The number of hydrogen-bond acceptors (Lipinski definition) is 4. The first-order chi connectivity index (χ1) is 10.1. The zero-order valence-electron chi connectivity index (χ0n) is 12.3. The Hall–Kier alpha value is -2.24. The Bertz CT molecular complexity index is 544. The van der Waals surface area contributed by atoms with Crippen LogP contribution in [0.4, 0.5) is 11.4 Å². The number of rotatable bonds is 6. The molecule has 0 bridgehead atoms. The summed E-state index contributed by atoms with van der Waals surface area (Å²) >= 11 is 0. The SMILES string of the molecule is CCN(CCC(=O)O)c1ccc2c(c1)OCC(=O)N2CC. The summed E-state index contributed by atoms with van der Waals surface area (Å²) in [5.41, 5.74) is 1.68. The van der Waals surface area contributed by atoms with E-state index in [2.05, 4.69) is 0 Å². The van der Waals surface area contributed by atoms with Crippen molar-refractivity contribution in [2.75, 3.05) is 36.0 Å². The molecule has 21 heavy (non-hydrogen) atoms. The molecule has 0 saturated heterocycles. The molecule has 1 heterocycles. The minimum atomic E-state index is -0.814. The molecule has 0 fully saturated rings. The Balaban J connectivity index is 2.23. The van der Waals surface area contributed by atoms with E-state index < -0.39 is 5.97 Å². The maximum Gasteiger partial charge on any atom is 0.305 e. The molecule has 6 nitrogen and oxygen atoms in total. The van der Waals surface area contributed by atoms with Crippen LogP contribution in [0.25, 0.3) is 0 Å². The third-order valence-electron chi connectivity index (χ3n) is 3.55. The first-order valence-corrected chi connectivity index (χ1v) is 7.10. The number of ether oxygens (including phenoxy) is 1. The van der Waals surface area contributed by atoms with Crippen LogP contribution in [0.15, 0.2) is 18.2 Å². The monoisotopic (exact) mass is 292 g/mol. The fourth-order valence-electron chi connectivity index (χ4n) is 2.44. The molecule has 0 unspecified atom stereocenters. The van der Waals surface area contributed by atoms with Crippen LogP contribution in [0.5, 0.6) is 5.75 Å². The first-order valence-electron chi connectivity index (χ1n) is 7.10. The number of amides is 1. The van der Waals surface area contributed by atoms with E-state index in [9.17, 15) is 9.59 Å². The van der Waals surface area contributed by atoms with E-state index in [4.69, 9.17) is 9.84 Å². The Morgan fingerprint density at radius 3 is 2.81 bits per heavy atom. The van der Waals surface area contributed by atoms with Gasteiger partial charge in [-0.3, -0.25) is 9.59 Å². The highest BCUT2D eigenvalue weighted by Crippen LogP contribution is 2.35.